The predicted molar refractivity (Wildman–Crippen MR) is 123 cm³/mol. The summed E-state index contributed by atoms with van der Waals surface area (Å²) in [6.45, 7) is 0. The molecule has 2 bridgehead atoms. The third-order valence-corrected chi connectivity index (χ3v) is 7.04. The van der Waals surface area contributed by atoms with Gasteiger partial charge in [0.2, 0.25) is 11.8 Å². The number of methoxy groups -OCH3 is 1. The highest BCUT2D eigenvalue weighted by Crippen LogP contribution is 2.53. The van der Waals surface area contributed by atoms with E-state index in [0.717, 1.165) is 11.8 Å². The normalized spacial score (nSPS) is 25.1. The lowest BCUT2D eigenvalue weighted by Gasteiger charge is -2.19. The van der Waals surface area contributed by atoms with Crippen LogP contribution < -0.4 is 15.0 Å². The second-order valence-corrected chi connectivity index (χ2v) is 8.73. The first-order valence-corrected chi connectivity index (χ1v) is 11.0. The number of aromatic nitrogens is 1. The summed E-state index contributed by atoms with van der Waals surface area (Å²) in [4.78, 5) is 44.9. The summed E-state index contributed by atoms with van der Waals surface area (Å²) in [5.41, 5.74) is 2.01. The van der Waals surface area contributed by atoms with E-state index in [9.17, 15) is 14.4 Å². The van der Waals surface area contributed by atoms with Crippen LogP contribution in [0.15, 0.2) is 66.9 Å². The summed E-state index contributed by atoms with van der Waals surface area (Å²) < 4.78 is 5.47. The Hall–Kier alpha value is -4.00. The minimum Gasteiger partial charge on any atom is -0.496 e. The van der Waals surface area contributed by atoms with Crippen molar-refractivity contribution in [3.8, 4) is 5.75 Å². The number of rotatable bonds is 4. The molecule has 4 atom stereocenters. The Kier molecular flexibility index (Phi) is 4.33. The molecule has 33 heavy (non-hydrogen) atoms. The molecule has 7 heteroatoms. The van der Waals surface area contributed by atoms with Crippen molar-refractivity contribution in [3.05, 3.63) is 72.4 Å². The van der Waals surface area contributed by atoms with Gasteiger partial charge in [-0.1, -0.05) is 30.4 Å². The number of ether oxygens (including phenoxy) is 1. The number of hydrogen-bond acceptors (Lipinski definition) is 5. The largest absolute Gasteiger partial charge is 0.496 e. The molecule has 0 unspecified atom stereocenters. The van der Waals surface area contributed by atoms with Crippen molar-refractivity contribution in [2.24, 2.45) is 23.7 Å². The van der Waals surface area contributed by atoms with Crippen molar-refractivity contribution in [2.75, 3.05) is 17.3 Å². The molecule has 2 aliphatic carbocycles. The lowest BCUT2D eigenvalue weighted by molar-refractivity contribution is -0.123. The van der Waals surface area contributed by atoms with Gasteiger partial charge in [-0.25, -0.2) is 4.90 Å². The number of imide groups is 1. The Morgan fingerprint density at radius 1 is 1.03 bits per heavy atom. The van der Waals surface area contributed by atoms with E-state index in [4.69, 9.17) is 4.74 Å². The average molecular weight is 439 g/mol. The van der Waals surface area contributed by atoms with E-state index < -0.39 is 0 Å². The van der Waals surface area contributed by atoms with E-state index in [-0.39, 0.29) is 47.1 Å². The third kappa shape index (κ3) is 2.88. The second kappa shape index (κ2) is 7.27. The maximum absolute atomic E-state index is 13.1. The van der Waals surface area contributed by atoms with Gasteiger partial charge in [0, 0.05) is 17.6 Å². The van der Waals surface area contributed by atoms with E-state index in [2.05, 4.69) is 22.5 Å². The standard InChI is InChI=1S/C26H21N3O4/c1-33-20-13-17(29-25(31)21-15-7-8-16(12-15)22(21)26(29)32)9-10-18(20)24(30)28-19-6-2-4-14-5-3-11-27-23(14)19/h2-11,13,15-16,21-22H,12H2,1H3,(H,28,30)/t15-,16+,21-,22+. The van der Waals surface area contributed by atoms with E-state index in [1.54, 1.807) is 30.5 Å². The number of nitrogens with zero attached hydrogens (tertiary/aromatic N) is 2. The van der Waals surface area contributed by atoms with Crippen molar-refractivity contribution in [3.63, 3.8) is 0 Å². The smallest absolute Gasteiger partial charge is 0.259 e. The zero-order chi connectivity index (χ0) is 22.7. The molecule has 2 heterocycles. The minimum atomic E-state index is -0.366. The van der Waals surface area contributed by atoms with Gasteiger partial charge in [0.1, 0.15) is 5.75 Å². The van der Waals surface area contributed by atoms with E-state index in [0.29, 0.717) is 22.5 Å². The first-order chi connectivity index (χ1) is 16.1. The molecule has 1 saturated carbocycles. The molecule has 1 aliphatic heterocycles. The number of nitrogens with one attached hydrogen (secondary N) is 1. The Bertz CT molecular complexity index is 1330. The van der Waals surface area contributed by atoms with Crippen molar-refractivity contribution < 1.29 is 19.1 Å². The fourth-order valence-electron chi connectivity index (χ4n) is 5.56. The number of fused-ring (bicyclic) bond motifs is 6. The Morgan fingerprint density at radius 3 is 2.48 bits per heavy atom. The molecule has 164 valence electrons. The number of amides is 3. The van der Waals surface area contributed by atoms with Gasteiger partial charge < -0.3 is 10.1 Å². The summed E-state index contributed by atoms with van der Waals surface area (Å²) in [6.07, 6.45) is 6.69. The Labute approximate surface area is 190 Å². The summed E-state index contributed by atoms with van der Waals surface area (Å²) >= 11 is 0. The molecule has 1 saturated heterocycles. The van der Waals surface area contributed by atoms with Crippen LogP contribution in [0.4, 0.5) is 11.4 Å². The SMILES string of the molecule is COc1cc(N2C(=O)[C@@H]3[C@H](C2=O)[C@@H]2C=C[C@H]3C2)ccc1C(=O)Nc1cccc2cccnc12. The highest BCUT2D eigenvalue weighted by atomic mass is 16.5. The van der Waals surface area contributed by atoms with Gasteiger partial charge >= 0.3 is 0 Å². The van der Waals surface area contributed by atoms with E-state index in [1.165, 1.54) is 12.0 Å². The molecule has 6 rings (SSSR count). The summed E-state index contributed by atoms with van der Waals surface area (Å²) in [5, 5.41) is 3.81. The maximum atomic E-state index is 13.1. The zero-order valence-corrected chi connectivity index (χ0v) is 17.9. The summed E-state index contributed by atoms with van der Waals surface area (Å²) in [5.74, 6) is -0.677. The average Bonchev–Trinajstić information content (AvgIpc) is 3.52. The van der Waals surface area contributed by atoms with Gasteiger partial charge in [-0.05, 0) is 42.5 Å². The van der Waals surface area contributed by atoms with Crippen LogP contribution in [0.3, 0.4) is 0 Å². The quantitative estimate of drug-likeness (QED) is 0.493. The molecule has 3 aromatic rings. The van der Waals surface area contributed by atoms with Crippen molar-refractivity contribution in [1.82, 2.24) is 4.98 Å². The van der Waals surface area contributed by atoms with Crippen LogP contribution in [0.25, 0.3) is 10.9 Å². The van der Waals surface area contributed by atoms with Crippen molar-refractivity contribution >= 4 is 40.0 Å². The Morgan fingerprint density at radius 2 is 1.76 bits per heavy atom. The van der Waals surface area contributed by atoms with E-state index >= 15 is 0 Å². The van der Waals surface area contributed by atoms with Crippen LogP contribution in [0, 0.1) is 23.7 Å². The molecule has 2 fully saturated rings. The van der Waals surface area contributed by atoms with Crippen LogP contribution in [0.2, 0.25) is 0 Å². The highest BCUT2D eigenvalue weighted by Gasteiger charge is 2.59. The number of para-hydroxylation sites is 1. The number of pyridine rings is 1. The first kappa shape index (κ1) is 19.7. The van der Waals surface area contributed by atoms with Gasteiger partial charge in [-0.15, -0.1) is 0 Å². The molecule has 0 radical (unpaired) electrons. The highest BCUT2D eigenvalue weighted by molar-refractivity contribution is 6.23. The number of carbonyl (C=O) groups excluding carboxylic acids is 3. The van der Waals surface area contributed by atoms with E-state index in [1.807, 2.05) is 24.3 Å². The lowest BCUT2D eigenvalue weighted by Crippen LogP contribution is -2.33. The zero-order valence-electron chi connectivity index (χ0n) is 17.9. The fraction of sp³-hybridized carbons (Fsp3) is 0.231. The number of benzene rings is 2. The lowest BCUT2D eigenvalue weighted by atomic mass is 9.85. The third-order valence-electron chi connectivity index (χ3n) is 7.04. The van der Waals surface area contributed by atoms with Crippen molar-refractivity contribution in [1.29, 1.82) is 0 Å². The number of hydrogen-bond donors (Lipinski definition) is 1. The first-order valence-electron chi connectivity index (χ1n) is 11.0. The van der Waals surface area contributed by atoms with Gasteiger partial charge in [0.15, 0.2) is 0 Å². The molecule has 1 N–H and O–H groups in total. The van der Waals surface area contributed by atoms with Gasteiger partial charge in [-0.2, -0.15) is 0 Å². The van der Waals surface area contributed by atoms with Crippen molar-refractivity contribution in [2.45, 2.75) is 6.42 Å². The molecular weight excluding hydrogens is 418 g/mol. The second-order valence-electron chi connectivity index (χ2n) is 8.73. The molecule has 2 aromatic carbocycles. The van der Waals surface area contributed by atoms with Crippen LogP contribution in [-0.4, -0.2) is 29.8 Å². The number of carbonyl (C=O) groups is 3. The van der Waals surface area contributed by atoms with Crippen LogP contribution in [0.5, 0.6) is 5.75 Å². The summed E-state index contributed by atoms with van der Waals surface area (Å²) in [7, 11) is 1.46. The number of anilines is 2. The maximum Gasteiger partial charge on any atom is 0.259 e. The predicted octanol–water partition coefficient (Wildman–Crippen LogP) is 3.81. The molecule has 3 aliphatic rings. The van der Waals surface area contributed by atoms with Crippen LogP contribution >= 0.6 is 0 Å². The van der Waals surface area contributed by atoms with Gasteiger partial charge in [0.05, 0.1) is 41.4 Å². The van der Waals surface area contributed by atoms with Gasteiger partial charge in [-0.3, -0.25) is 19.4 Å². The monoisotopic (exact) mass is 439 g/mol. The topological polar surface area (TPSA) is 88.6 Å². The molecule has 1 aromatic heterocycles. The summed E-state index contributed by atoms with van der Waals surface area (Å²) in [6, 6.07) is 14.1. The minimum absolute atomic E-state index is 0.141. The van der Waals surface area contributed by atoms with Crippen LogP contribution in [-0.2, 0) is 9.59 Å². The fourth-order valence-corrected chi connectivity index (χ4v) is 5.56. The molecule has 0 spiro atoms. The Balaban J connectivity index is 1.30. The van der Waals surface area contributed by atoms with Gasteiger partial charge in [0.25, 0.3) is 5.91 Å². The molecule has 3 amide bonds. The molecule has 7 nitrogen and oxygen atoms in total. The molecular formula is C26H21N3O4. The van der Waals surface area contributed by atoms with Crippen LogP contribution in [0.1, 0.15) is 16.8 Å². The number of allylic oxidation sites excluding steroid dienone is 2.